The van der Waals surface area contributed by atoms with Crippen LogP contribution in [0.1, 0.15) is 20.8 Å². The molecule has 0 bridgehead atoms. The average Bonchev–Trinajstić information content (AvgIpc) is 2.16. The second-order valence-electron chi connectivity index (χ2n) is 2.56. The molecule has 0 rings (SSSR count). The lowest BCUT2D eigenvalue weighted by atomic mass is 10.9. The quantitative estimate of drug-likeness (QED) is 0.633. The Balaban J connectivity index is 4.37. The van der Waals surface area contributed by atoms with Crippen LogP contribution in [-0.2, 0) is 23.4 Å². The Kier molecular flexibility index (Phi) is 7.12. The molecule has 0 atom stereocenters. The van der Waals surface area contributed by atoms with Crippen LogP contribution in [0.15, 0.2) is 0 Å². The van der Waals surface area contributed by atoms with Crippen molar-refractivity contribution in [3.05, 3.63) is 0 Å². The van der Waals surface area contributed by atoms with Gasteiger partial charge in [0.1, 0.15) is 5.08 Å². The topological polar surface area (TPSA) is 69.7 Å². The minimum atomic E-state index is -3.29. The van der Waals surface area contributed by atoms with Crippen molar-refractivity contribution in [2.75, 3.05) is 24.1 Å². The molecule has 0 spiro atoms. The maximum Gasteiger partial charge on any atom is 0.390 e. The van der Waals surface area contributed by atoms with Crippen molar-refractivity contribution >= 4 is 28.0 Å². The normalized spacial score (nSPS) is 13.0. The molecule has 92 valence electrons. The van der Waals surface area contributed by atoms with E-state index in [1.54, 1.807) is 20.8 Å². The van der Waals surface area contributed by atoms with Gasteiger partial charge in [-0.25, -0.2) is 13.0 Å². The smallest absolute Gasteiger partial charge is 0.301 e. The van der Waals surface area contributed by atoms with Crippen molar-refractivity contribution in [3.8, 4) is 0 Å². The maximum atomic E-state index is 11.8. The number of rotatable bonds is 8. The molecule has 0 amide bonds. The zero-order valence-electron chi connectivity index (χ0n) is 9.13. The monoisotopic (exact) mass is 276 g/mol. The lowest BCUT2D eigenvalue weighted by molar-refractivity contribution is 0.237. The fraction of sp³-hybridized carbons (Fsp3) is 1.00. The first-order chi connectivity index (χ1) is 6.89. The van der Waals surface area contributed by atoms with Crippen LogP contribution in [0.3, 0.4) is 0 Å². The molecule has 0 unspecified atom stereocenters. The highest BCUT2D eigenvalue weighted by molar-refractivity contribution is 8.57. The molecular weight excluding hydrogens is 259 g/mol. The lowest BCUT2D eigenvalue weighted by Gasteiger charge is -2.15. The molecule has 0 aliphatic rings. The molecule has 0 aromatic heterocycles. The Hall–Kier alpha value is 0.450. The number of hydrogen-bond acceptors (Lipinski definition) is 6. The summed E-state index contributed by atoms with van der Waals surface area (Å²) >= 11 is 0.728. The van der Waals surface area contributed by atoms with E-state index in [9.17, 15) is 13.0 Å². The van der Waals surface area contributed by atoms with Gasteiger partial charge < -0.3 is 9.05 Å². The lowest BCUT2D eigenvalue weighted by Crippen LogP contribution is -2.06. The summed E-state index contributed by atoms with van der Waals surface area (Å²) in [6, 6.07) is 0. The highest BCUT2D eigenvalue weighted by Crippen LogP contribution is 2.60. The molecule has 0 fully saturated rings. The summed E-state index contributed by atoms with van der Waals surface area (Å²) in [6.45, 7) is 2.08. The van der Waals surface area contributed by atoms with Gasteiger partial charge in [-0.2, -0.15) is 0 Å². The van der Waals surface area contributed by atoms with Gasteiger partial charge >= 0.3 is 6.80 Å². The third kappa shape index (κ3) is 6.58. The van der Waals surface area contributed by atoms with Crippen molar-refractivity contribution in [1.29, 1.82) is 0 Å². The van der Waals surface area contributed by atoms with Crippen LogP contribution in [0.2, 0.25) is 0 Å². The minimum absolute atomic E-state index is 0.0260. The molecule has 0 N–H and O–H groups in total. The van der Waals surface area contributed by atoms with E-state index in [2.05, 4.69) is 0 Å². The average molecular weight is 276 g/mol. The van der Waals surface area contributed by atoms with Gasteiger partial charge in [-0.1, -0.05) is 6.92 Å². The molecular formula is C7H17O5PS2. The fourth-order valence-corrected chi connectivity index (χ4v) is 7.02. The Bertz CT molecular complexity index is 303. The Morgan fingerprint density at radius 2 is 1.60 bits per heavy atom. The third-order valence-electron chi connectivity index (χ3n) is 1.40. The second-order valence-corrected chi connectivity index (χ2v) is 9.35. The van der Waals surface area contributed by atoms with E-state index in [1.165, 1.54) is 0 Å². The molecule has 0 aliphatic carbocycles. The van der Waals surface area contributed by atoms with E-state index in [-0.39, 0.29) is 24.1 Å². The van der Waals surface area contributed by atoms with Gasteiger partial charge in [0, 0.05) is 5.75 Å². The van der Waals surface area contributed by atoms with E-state index in [4.69, 9.17) is 9.05 Å². The Labute approximate surface area is 95.1 Å². The van der Waals surface area contributed by atoms with E-state index in [0.29, 0.717) is 0 Å². The summed E-state index contributed by atoms with van der Waals surface area (Å²) in [5, 5.41) is -0.235. The number of hydrogen-bond donors (Lipinski definition) is 0. The standard InChI is InChI=1S/C7H17O5PS2/c1-4-11-13(8,12-5-2)14-7-15(9,10)6-3/h4-7H2,1-3H3. The SMILES string of the molecule is CCOP(=O)(OCC)SCS(=O)(=O)CC. The zero-order valence-corrected chi connectivity index (χ0v) is 11.7. The molecule has 0 saturated heterocycles. The van der Waals surface area contributed by atoms with Crippen molar-refractivity contribution in [2.24, 2.45) is 0 Å². The molecule has 0 aromatic rings. The van der Waals surface area contributed by atoms with Crippen LogP contribution in [0, 0.1) is 0 Å². The molecule has 0 aliphatic heterocycles. The van der Waals surface area contributed by atoms with Gasteiger partial charge in [0.2, 0.25) is 0 Å². The van der Waals surface area contributed by atoms with Crippen molar-refractivity contribution < 1.29 is 22.0 Å². The van der Waals surface area contributed by atoms with Crippen LogP contribution in [-0.4, -0.2) is 32.5 Å². The molecule has 0 radical (unpaired) electrons. The fourth-order valence-electron chi connectivity index (χ4n) is 0.656. The van der Waals surface area contributed by atoms with E-state index >= 15 is 0 Å². The summed E-state index contributed by atoms with van der Waals surface area (Å²) in [6.07, 6.45) is 0. The summed E-state index contributed by atoms with van der Waals surface area (Å²) in [4.78, 5) is 0. The van der Waals surface area contributed by atoms with Crippen LogP contribution in [0.4, 0.5) is 0 Å². The van der Waals surface area contributed by atoms with Gasteiger partial charge in [0.05, 0.1) is 13.2 Å². The molecule has 5 nitrogen and oxygen atoms in total. The van der Waals surface area contributed by atoms with Gasteiger partial charge in [-0.3, -0.25) is 0 Å². The largest absolute Gasteiger partial charge is 0.390 e. The van der Waals surface area contributed by atoms with Gasteiger partial charge in [-0.05, 0) is 25.2 Å². The first-order valence-corrected chi connectivity index (χ1v) is 9.58. The van der Waals surface area contributed by atoms with Crippen molar-refractivity contribution in [1.82, 2.24) is 0 Å². The van der Waals surface area contributed by atoms with Crippen LogP contribution in [0.25, 0.3) is 0 Å². The highest BCUT2D eigenvalue weighted by Gasteiger charge is 2.27. The highest BCUT2D eigenvalue weighted by atomic mass is 32.7. The van der Waals surface area contributed by atoms with Crippen molar-refractivity contribution in [3.63, 3.8) is 0 Å². The van der Waals surface area contributed by atoms with Crippen LogP contribution < -0.4 is 0 Å². The third-order valence-corrected chi connectivity index (χ3v) is 8.14. The minimum Gasteiger partial charge on any atom is -0.301 e. The predicted molar refractivity (Wildman–Crippen MR) is 62.8 cm³/mol. The maximum absolute atomic E-state index is 11.8. The van der Waals surface area contributed by atoms with Crippen molar-refractivity contribution in [2.45, 2.75) is 20.8 Å². The molecule has 15 heavy (non-hydrogen) atoms. The van der Waals surface area contributed by atoms with Gasteiger partial charge in [-0.15, -0.1) is 0 Å². The second kappa shape index (κ2) is 6.91. The summed E-state index contributed by atoms with van der Waals surface area (Å²) in [5.41, 5.74) is 0. The Morgan fingerprint density at radius 3 is 1.93 bits per heavy atom. The molecule has 0 aromatic carbocycles. The van der Waals surface area contributed by atoms with Gasteiger partial charge in [0.25, 0.3) is 0 Å². The predicted octanol–water partition coefficient (Wildman–Crippen LogP) is 2.29. The Morgan fingerprint density at radius 1 is 1.13 bits per heavy atom. The first-order valence-electron chi connectivity index (χ1n) is 4.63. The van der Waals surface area contributed by atoms with E-state index in [0.717, 1.165) is 11.4 Å². The zero-order chi connectivity index (χ0) is 11.9. The van der Waals surface area contributed by atoms with Crippen LogP contribution >= 0.6 is 18.2 Å². The molecule has 8 heteroatoms. The summed E-state index contributed by atoms with van der Waals surface area (Å²) in [5.74, 6) is 0.0260. The summed E-state index contributed by atoms with van der Waals surface area (Å²) in [7, 11) is -3.16. The van der Waals surface area contributed by atoms with Gasteiger partial charge in [0.15, 0.2) is 9.84 Å². The van der Waals surface area contributed by atoms with E-state index in [1.807, 2.05) is 0 Å². The molecule has 0 saturated carbocycles. The van der Waals surface area contributed by atoms with Crippen LogP contribution in [0.5, 0.6) is 0 Å². The summed E-state index contributed by atoms with van der Waals surface area (Å²) < 4.78 is 44.1. The first kappa shape index (κ1) is 15.4. The molecule has 0 heterocycles. The number of sulfone groups is 1. The van der Waals surface area contributed by atoms with E-state index < -0.39 is 16.6 Å².